The van der Waals surface area contributed by atoms with Crippen LogP contribution in [0.5, 0.6) is 0 Å². The molecule has 1 aromatic carbocycles. The van der Waals surface area contributed by atoms with E-state index in [1.165, 1.54) is 12.8 Å². The number of nitrogens with one attached hydrogen (secondary N) is 1. The number of aliphatic hydroxyl groups excluding tert-OH is 1. The predicted octanol–water partition coefficient (Wildman–Crippen LogP) is 3.14. The maximum Gasteiger partial charge on any atom is 0.0992 e. The van der Waals surface area contributed by atoms with E-state index in [2.05, 4.69) is 27.3 Å². The van der Waals surface area contributed by atoms with Crippen LogP contribution in [0.3, 0.4) is 0 Å². The number of hydrogen-bond donors (Lipinski definition) is 2. The van der Waals surface area contributed by atoms with E-state index >= 15 is 0 Å². The van der Waals surface area contributed by atoms with Gasteiger partial charge in [-0.1, -0.05) is 22.4 Å². The number of rotatable bonds is 4. The monoisotopic (exact) mass is 308 g/mol. The van der Waals surface area contributed by atoms with E-state index in [9.17, 15) is 5.11 Å². The molecule has 0 heterocycles. The Kier molecular flexibility index (Phi) is 4.62. The fourth-order valence-electron chi connectivity index (χ4n) is 2.63. The van der Waals surface area contributed by atoms with Gasteiger partial charge in [0.1, 0.15) is 0 Å². The molecule has 0 saturated heterocycles. The van der Waals surface area contributed by atoms with Crippen molar-refractivity contribution in [3.05, 3.63) is 28.2 Å². The van der Waals surface area contributed by atoms with Gasteiger partial charge in [0.2, 0.25) is 0 Å². The van der Waals surface area contributed by atoms with E-state index in [1.807, 2.05) is 12.1 Å². The van der Waals surface area contributed by atoms with Gasteiger partial charge in [-0.25, -0.2) is 0 Å². The first-order valence-corrected chi connectivity index (χ1v) is 7.07. The number of nitrogens with zero attached hydrogens (tertiary/aromatic N) is 1. The fourth-order valence-corrected chi connectivity index (χ4v) is 3.12. The van der Waals surface area contributed by atoms with Crippen LogP contribution in [-0.2, 0) is 0 Å². The Morgan fingerprint density at radius 3 is 2.83 bits per heavy atom. The van der Waals surface area contributed by atoms with Crippen LogP contribution >= 0.6 is 15.9 Å². The molecule has 0 amide bonds. The van der Waals surface area contributed by atoms with E-state index in [1.54, 1.807) is 6.07 Å². The third-order valence-corrected chi connectivity index (χ3v) is 4.10. The van der Waals surface area contributed by atoms with Crippen molar-refractivity contribution >= 4 is 21.6 Å². The quantitative estimate of drug-likeness (QED) is 0.898. The van der Waals surface area contributed by atoms with Crippen molar-refractivity contribution < 1.29 is 5.11 Å². The molecule has 1 aliphatic rings. The second kappa shape index (κ2) is 6.21. The molecule has 0 radical (unpaired) electrons. The molecule has 96 valence electrons. The molecule has 0 bridgehead atoms. The molecular weight excluding hydrogens is 292 g/mol. The predicted molar refractivity (Wildman–Crippen MR) is 75.3 cm³/mol. The second-order valence-electron chi connectivity index (χ2n) is 4.85. The fraction of sp³-hybridized carbons (Fsp3) is 0.500. The van der Waals surface area contributed by atoms with Gasteiger partial charge < -0.3 is 10.4 Å². The zero-order valence-electron chi connectivity index (χ0n) is 10.2. The Morgan fingerprint density at radius 1 is 1.33 bits per heavy atom. The lowest BCUT2D eigenvalue weighted by atomic mass is 9.97. The summed E-state index contributed by atoms with van der Waals surface area (Å²) in [4.78, 5) is 0. The van der Waals surface area contributed by atoms with Gasteiger partial charge in [0.15, 0.2) is 0 Å². The van der Waals surface area contributed by atoms with Gasteiger partial charge in [0, 0.05) is 23.3 Å². The maximum atomic E-state index is 9.28. The summed E-state index contributed by atoms with van der Waals surface area (Å²) in [5.74, 6) is 0.972. The van der Waals surface area contributed by atoms with E-state index in [4.69, 9.17) is 5.26 Å². The number of halogens is 1. The number of nitriles is 1. The molecule has 3 nitrogen and oxygen atoms in total. The molecule has 1 fully saturated rings. The van der Waals surface area contributed by atoms with Crippen LogP contribution in [0.15, 0.2) is 22.7 Å². The Labute approximate surface area is 116 Å². The van der Waals surface area contributed by atoms with E-state index < -0.39 is 0 Å². The molecule has 2 rings (SSSR count). The average Bonchev–Trinajstić information content (AvgIpc) is 2.83. The maximum absolute atomic E-state index is 9.28. The van der Waals surface area contributed by atoms with Crippen molar-refractivity contribution in [2.24, 2.45) is 11.8 Å². The minimum absolute atomic E-state index is 0.286. The van der Waals surface area contributed by atoms with Gasteiger partial charge >= 0.3 is 0 Å². The van der Waals surface area contributed by atoms with Gasteiger partial charge in [0.05, 0.1) is 11.6 Å². The number of aliphatic hydroxyl groups is 1. The van der Waals surface area contributed by atoms with Gasteiger partial charge in [0.25, 0.3) is 0 Å². The Hall–Kier alpha value is -1.05. The zero-order chi connectivity index (χ0) is 13.0. The van der Waals surface area contributed by atoms with Crippen LogP contribution in [0.2, 0.25) is 0 Å². The van der Waals surface area contributed by atoms with Crippen molar-refractivity contribution in [1.29, 1.82) is 5.26 Å². The first-order valence-electron chi connectivity index (χ1n) is 6.28. The van der Waals surface area contributed by atoms with Crippen LogP contribution in [0.1, 0.15) is 24.8 Å². The van der Waals surface area contributed by atoms with E-state index in [0.29, 0.717) is 17.4 Å². The summed E-state index contributed by atoms with van der Waals surface area (Å²) in [6.45, 7) is 1.15. The molecular formula is C14H17BrN2O. The van der Waals surface area contributed by atoms with Crippen molar-refractivity contribution in [3.8, 4) is 6.07 Å². The highest BCUT2D eigenvalue weighted by Crippen LogP contribution is 2.31. The highest BCUT2D eigenvalue weighted by atomic mass is 79.9. The SMILES string of the molecule is N#Cc1cc(Br)cc(NCC2CCCC2CO)c1. The van der Waals surface area contributed by atoms with Crippen molar-refractivity contribution in [3.63, 3.8) is 0 Å². The molecule has 1 aromatic rings. The third kappa shape index (κ3) is 3.24. The highest BCUT2D eigenvalue weighted by Gasteiger charge is 2.26. The normalized spacial score (nSPS) is 22.7. The highest BCUT2D eigenvalue weighted by molar-refractivity contribution is 9.10. The summed E-state index contributed by atoms with van der Waals surface area (Å²) in [5, 5.41) is 21.6. The Bertz CT molecular complexity index is 456. The lowest BCUT2D eigenvalue weighted by Crippen LogP contribution is -2.20. The first-order chi connectivity index (χ1) is 8.72. The Balaban J connectivity index is 1.98. The summed E-state index contributed by atoms with van der Waals surface area (Å²) in [6.07, 6.45) is 3.52. The topological polar surface area (TPSA) is 56.0 Å². The number of anilines is 1. The summed E-state index contributed by atoms with van der Waals surface area (Å²) in [7, 11) is 0. The van der Waals surface area contributed by atoms with Crippen LogP contribution in [0.25, 0.3) is 0 Å². The number of benzene rings is 1. The first kappa shape index (κ1) is 13.4. The molecule has 2 unspecified atom stereocenters. The molecule has 2 N–H and O–H groups in total. The van der Waals surface area contributed by atoms with Crippen LogP contribution < -0.4 is 5.32 Å². The van der Waals surface area contributed by atoms with E-state index in [-0.39, 0.29) is 6.61 Å². The smallest absolute Gasteiger partial charge is 0.0992 e. The summed E-state index contributed by atoms with van der Waals surface area (Å²) < 4.78 is 0.911. The molecule has 0 spiro atoms. The van der Waals surface area contributed by atoms with E-state index in [0.717, 1.165) is 23.1 Å². The standard InChI is InChI=1S/C14H17BrN2O/c15-13-4-10(7-16)5-14(6-13)17-8-11-2-1-3-12(11)9-18/h4-6,11-12,17-18H,1-3,8-9H2. The number of hydrogen-bond acceptors (Lipinski definition) is 3. The largest absolute Gasteiger partial charge is 0.396 e. The third-order valence-electron chi connectivity index (χ3n) is 3.65. The lowest BCUT2D eigenvalue weighted by Gasteiger charge is -2.18. The van der Waals surface area contributed by atoms with Gasteiger partial charge in [-0.05, 0) is 42.9 Å². The molecule has 0 aromatic heterocycles. The van der Waals surface area contributed by atoms with Gasteiger partial charge in [-0.15, -0.1) is 0 Å². The van der Waals surface area contributed by atoms with Crippen molar-refractivity contribution in [1.82, 2.24) is 0 Å². The minimum Gasteiger partial charge on any atom is -0.396 e. The summed E-state index contributed by atoms with van der Waals surface area (Å²) in [5.41, 5.74) is 1.61. The zero-order valence-corrected chi connectivity index (χ0v) is 11.8. The van der Waals surface area contributed by atoms with Gasteiger partial charge in [-0.2, -0.15) is 5.26 Å². The summed E-state index contributed by atoms with van der Waals surface area (Å²) in [6, 6.07) is 7.78. The molecule has 0 aliphatic heterocycles. The molecule has 18 heavy (non-hydrogen) atoms. The second-order valence-corrected chi connectivity index (χ2v) is 5.77. The summed E-state index contributed by atoms with van der Waals surface area (Å²) >= 11 is 3.40. The van der Waals surface area contributed by atoms with Crippen LogP contribution in [-0.4, -0.2) is 18.3 Å². The Morgan fingerprint density at radius 2 is 2.11 bits per heavy atom. The molecule has 2 atom stereocenters. The van der Waals surface area contributed by atoms with Crippen LogP contribution in [0.4, 0.5) is 5.69 Å². The average molecular weight is 309 g/mol. The minimum atomic E-state index is 0.286. The van der Waals surface area contributed by atoms with Gasteiger partial charge in [-0.3, -0.25) is 0 Å². The lowest BCUT2D eigenvalue weighted by molar-refractivity contribution is 0.199. The molecule has 1 aliphatic carbocycles. The molecule has 1 saturated carbocycles. The van der Waals surface area contributed by atoms with Crippen molar-refractivity contribution in [2.45, 2.75) is 19.3 Å². The van der Waals surface area contributed by atoms with Crippen LogP contribution in [0, 0.1) is 23.2 Å². The molecule has 4 heteroatoms. The van der Waals surface area contributed by atoms with Crippen molar-refractivity contribution in [2.75, 3.05) is 18.5 Å².